The second-order valence-corrected chi connectivity index (χ2v) is 4.43. The minimum absolute atomic E-state index is 0.326. The van der Waals surface area contributed by atoms with Gasteiger partial charge in [-0.1, -0.05) is 45.3 Å². The first-order chi connectivity index (χ1) is 5.98. The Kier molecular flexibility index (Phi) is 6.49. The van der Waals surface area contributed by atoms with E-state index >= 15 is 0 Å². The van der Waals surface area contributed by atoms with Crippen LogP contribution in [0.2, 0.25) is 5.82 Å². The van der Waals surface area contributed by atoms with Crippen molar-refractivity contribution in [2.45, 2.75) is 70.7 Å². The van der Waals surface area contributed by atoms with Crippen molar-refractivity contribution < 1.29 is 5.11 Å². The van der Waals surface area contributed by atoms with Crippen LogP contribution in [0.1, 0.15) is 59.3 Å². The molecule has 1 N–H and O–H groups in total. The first kappa shape index (κ1) is 13.0. The molecule has 0 saturated carbocycles. The summed E-state index contributed by atoms with van der Waals surface area (Å²) in [6.45, 7) is 5.99. The summed E-state index contributed by atoms with van der Waals surface area (Å²) >= 11 is 0. The summed E-state index contributed by atoms with van der Waals surface area (Å²) in [5.41, 5.74) is -0.450. The Morgan fingerprint density at radius 2 is 1.92 bits per heavy atom. The highest BCUT2D eigenvalue weighted by molar-refractivity contribution is 6.11. The van der Waals surface area contributed by atoms with Gasteiger partial charge in [0.25, 0.3) is 0 Å². The molecule has 0 heterocycles. The molecule has 0 rings (SSSR count). The average molecular weight is 182 g/mol. The molecule has 0 spiro atoms. The molecule has 0 fully saturated rings. The van der Waals surface area contributed by atoms with E-state index in [1.54, 1.807) is 0 Å². The second kappa shape index (κ2) is 6.47. The zero-order valence-electron chi connectivity index (χ0n) is 9.34. The molecule has 2 radical (unpaired) electrons. The molecule has 0 aliphatic heterocycles. The molecule has 2 unspecified atom stereocenters. The summed E-state index contributed by atoms with van der Waals surface area (Å²) in [5.74, 6) is 0.326. The molecule has 0 saturated heterocycles. The fraction of sp³-hybridized carbons (Fsp3) is 1.00. The van der Waals surface area contributed by atoms with Gasteiger partial charge in [-0.3, -0.25) is 0 Å². The van der Waals surface area contributed by atoms with Gasteiger partial charge >= 0.3 is 0 Å². The van der Waals surface area contributed by atoms with E-state index in [2.05, 4.69) is 0 Å². The summed E-state index contributed by atoms with van der Waals surface area (Å²) in [7, 11) is 5.64. The Bertz CT molecular complexity index is 121. The largest absolute Gasteiger partial charge is 0.390 e. The summed E-state index contributed by atoms with van der Waals surface area (Å²) in [5, 5.41) is 9.71. The van der Waals surface area contributed by atoms with Crippen molar-refractivity contribution >= 4 is 7.85 Å². The normalized spacial score (nSPS) is 18.2. The molecule has 2 atom stereocenters. The fourth-order valence-corrected chi connectivity index (χ4v) is 1.33. The van der Waals surface area contributed by atoms with Gasteiger partial charge in [-0.05, 0) is 19.8 Å². The lowest BCUT2D eigenvalue weighted by molar-refractivity contribution is 0.0442. The van der Waals surface area contributed by atoms with Crippen LogP contribution in [0.25, 0.3) is 0 Å². The van der Waals surface area contributed by atoms with Crippen LogP contribution in [-0.2, 0) is 0 Å². The van der Waals surface area contributed by atoms with Crippen molar-refractivity contribution in [1.29, 1.82) is 0 Å². The Labute approximate surface area is 84.3 Å². The number of aliphatic hydroxyl groups is 1. The van der Waals surface area contributed by atoms with Crippen LogP contribution < -0.4 is 0 Å². The Hall–Kier alpha value is 0.0249. The monoisotopic (exact) mass is 182 g/mol. The van der Waals surface area contributed by atoms with Crippen LogP contribution in [-0.4, -0.2) is 18.6 Å². The van der Waals surface area contributed by atoms with E-state index in [-0.39, 0.29) is 0 Å². The van der Waals surface area contributed by atoms with Crippen LogP contribution in [0.4, 0.5) is 0 Å². The van der Waals surface area contributed by atoms with Gasteiger partial charge in [0.1, 0.15) is 0 Å². The van der Waals surface area contributed by atoms with Crippen molar-refractivity contribution in [3.8, 4) is 0 Å². The molecule has 0 aliphatic rings. The first-order valence-corrected chi connectivity index (χ1v) is 5.46. The molecule has 0 aromatic heterocycles. The molecule has 0 amide bonds. The molecule has 2 heteroatoms. The third-order valence-corrected chi connectivity index (χ3v) is 2.64. The summed E-state index contributed by atoms with van der Waals surface area (Å²) in [4.78, 5) is 0. The minimum atomic E-state index is -0.450. The van der Waals surface area contributed by atoms with Gasteiger partial charge in [-0.2, -0.15) is 0 Å². The second-order valence-electron chi connectivity index (χ2n) is 4.43. The van der Waals surface area contributed by atoms with Crippen molar-refractivity contribution in [2.75, 3.05) is 0 Å². The van der Waals surface area contributed by atoms with Crippen LogP contribution in [0.3, 0.4) is 0 Å². The SMILES string of the molecule is [B]C(C)CCCCCC(C)(O)CC. The van der Waals surface area contributed by atoms with Crippen LogP contribution in [0.5, 0.6) is 0 Å². The van der Waals surface area contributed by atoms with Crippen molar-refractivity contribution in [2.24, 2.45) is 0 Å². The lowest BCUT2D eigenvalue weighted by Crippen LogP contribution is -2.22. The van der Waals surface area contributed by atoms with Gasteiger partial charge in [0.15, 0.2) is 0 Å². The smallest absolute Gasteiger partial charge is 0.0695 e. The highest BCUT2D eigenvalue weighted by atomic mass is 16.3. The highest BCUT2D eigenvalue weighted by Crippen LogP contribution is 2.19. The van der Waals surface area contributed by atoms with Gasteiger partial charge < -0.3 is 5.11 Å². The number of unbranched alkanes of at least 4 members (excludes halogenated alkanes) is 2. The van der Waals surface area contributed by atoms with Crippen LogP contribution in [0.15, 0.2) is 0 Å². The van der Waals surface area contributed by atoms with E-state index in [0.29, 0.717) is 5.82 Å². The zero-order valence-corrected chi connectivity index (χ0v) is 9.34. The summed E-state index contributed by atoms with van der Waals surface area (Å²) in [6, 6.07) is 0. The maximum absolute atomic E-state index is 9.71. The Balaban J connectivity index is 3.26. The first-order valence-electron chi connectivity index (χ1n) is 5.46. The van der Waals surface area contributed by atoms with E-state index in [1.807, 2.05) is 20.8 Å². The van der Waals surface area contributed by atoms with Crippen LogP contribution >= 0.6 is 0 Å². The van der Waals surface area contributed by atoms with E-state index in [9.17, 15) is 5.11 Å². The molecule has 1 nitrogen and oxygen atoms in total. The average Bonchev–Trinajstić information content (AvgIpc) is 2.03. The summed E-state index contributed by atoms with van der Waals surface area (Å²) in [6.07, 6.45) is 6.37. The Morgan fingerprint density at radius 3 is 2.38 bits per heavy atom. The van der Waals surface area contributed by atoms with E-state index < -0.39 is 5.60 Å². The van der Waals surface area contributed by atoms with Gasteiger partial charge in [-0.15, -0.1) is 0 Å². The lowest BCUT2D eigenvalue weighted by Gasteiger charge is -2.20. The molecule has 0 aromatic carbocycles. The van der Waals surface area contributed by atoms with Gasteiger partial charge in [0.2, 0.25) is 0 Å². The van der Waals surface area contributed by atoms with E-state index in [1.165, 1.54) is 12.8 Å². The number of hydrogen-bond acceptors (Lipinski definition) is 1. The molecular formula is C11H23BO. The highest BCUT2D eigenvalue weighted by Gasteiger charge is 2.15. The topological polar surface area (TPSA) is 20.2 Å². The standard InChI is InChI=1S/C11H23BO/c1-4-11(3,13)9-7-5-6-8-10(2)12/h10,13H,4-9H2,1-3H3. The third kappa shape index (κ3) is 8.36. The van der Waals surface area contributed by atoms with Gasteiger partial charge in [0, 0.05) is 0 Å². The molecule has 13 heavy (non-hydrogen) atoms. The van der Waals surface area contributed by atoms with Crippen molar-refractivity contribution in [3.05, 3.63) is 0 Å². The number of hydrogen-bond donors (Lipinski definition) is 1. The molecule has 0 bridgehead atoms. The number of rotatable bonds is 7. The molecule has 0 aromatic rings. The quantitative estimate of drug-likeness (QED) is 0.473. The molecular weight excluding hydrogens is 159 g/mol. The summed E-state index contributed by atoms with van der Waals surface area (Å²) < 4.78 is 0. The van der Waals surface area contributed by atoms with E-state index in [4.69, 9.17) is 7.85 Å². The maximum atomic E-state index is 9.71. The zero-order chi connectivity index (χ0) is 10.3. The van der Waals surface area contributed by atoms with Crippen LogP contribution in [0, 0.1) is 0 Å². The predicted molar refractivity (Wildman–Crippen MR) is 59.2 cm³/mol. The van der Waals surface area contributed by atoms with E-state index in [0.717, 1.165) is 25.7 Å². The third-order valence-electron chi connectivity index (χ3n) is 2.64. The fourth-order valence-electron chi connectivity index (χ4n) is 1.33. The molecule has 0 aliphatic carbocycles. The van der Waals surface area contributed by atoms with Gasteiger partial charge in [0.05, 0.1) is 13.4 Å². The predicted octanol–water partition coefficient (Wildman–Crippen LogP) is 3.07. The van der Waals surface area contributed by atoms with Gasteiger partial charge in [-0.25, -0.2) is 0 Å². The Morgan fingerprint density at radius 1 is 1.31 bits per heavy atom. The lowest BCUT2D eigenvalue weighted by atomic mass is 9.84. The van der Waals surface area contributed by atoms with Crippen molar-refractivity contribution in [3.63, 3.8) is 0 Å². The maximum Gasteiger partial charge on any atom is 0.0695 e. The minimum Gasteiger partial charge on any atom is -0.390 e. The van der Waals surface area contributed by atoms with Crippen molar-refractivity contribution in [1.82, 2.24) is 0 Å². The molecule has 76 valence electrons.